The summed E-state index contributed by atoms with van der Waals surface area (Å²) in [5.74, 6) is -2.37. The van der Waals surface area contributed by atoms with Crippen LogP contribution in [0.1, 0.15) is 58.6 Å². The summed E-state index contributed by atoms with van der Waals surface area (Å²) in [6.45, 7) is 8.01. The number of imide groups is 2. The molecule has 1 fully saturated rings. The predicted octanol–water partition coefficient (Wildman–Crippen LogP) is 4.94. The molecule has 4 amide bonds. The fourth-order valence-electron chi connectivity index (χ4n) is 3.87. The number of anilines is 1. The van der Waals surface area contributed by atoms with E-state index in [1.165, 1.54) is 12.3 Å². The van der Waals surface area contributed by atoms with Crippen molar-refractivity contribution in [1.29, 1.82) is 0 Å². The van der Waals surface area contributed by atoms with Crippen molar-refractivity contribution in [2.24, 2.45) is 0 Å². The normalized spacial score (nSPS) is 16.4. The molecule has 13 heteroatoms. The van der Waals surface area contributed by atoms with E-state index < -0.39 is 40.2 Å². The number of hydrogen-bond donors (Lipinski definition) is 0. The molecule has 0 N–H and O–H groups in total. The number of carbonyl (C=O) groups excluding carboxylic acids is 4. The summed E-state index contributed by atoms with van der Waals surface area (Å²) in [6.07, 6.45) is 1.15. The van der Waals surface area contributed by atoms with Crippen molar-refractivity contribution >= 4 is 61.6 Å². The molecule has 2 aromatic rings. The molecule has 0 spiro atoms. The van der Waals surface area contributed by atoms with Crippen LogP contribution in [0.2, 0.25) is 0 Å². The monoisotopic (exact) mass is 659 g/mol. The van der Waals surface area contributed by atoms with E-state index in [-0.39, 0.29) is 34.1 Å². The molecule has 38 heavy (non-hydrogen) atoms. The summed E-state index contributed by atoms with van der Waals surface area (Å²) < 4.78 is 34.9. The van der Waals surface area contributed by atoms with E-state index in [9.17, 15) is 32.8 Å². The Morgan fingerprint density at radius 3 is 2.13 bits per heavy atom. The number of nitrogens with zero attached hydrogens (tertiary/aromatic N) is 3. The first kappa shape index (κ1) is 29.6. The SMILES string of the molecule is CC(C)(C)OC(=O)N1C(=O)C(C)(C)c2c1cn(Cc1ccc(F)cc1F)c(=O)c2Br.O=C1CCC(=O)N1Br. The lowest BCUT2D eigenvalue weighted by atomic mass is 9.87. The van der Waals surface area contributed by atoms with Crippen LogP contribution in [0.5, 0.6) is 0 Å². The van der Waals surface area contributed by atoms with Gasteiger partial charge in [-0.1, -0.05) is 6.07 Å². The summed E-state index contributed by atoms with van der Waals surface area (Å²) >= 11 is 6.05. The van der Waals surface area contributed by atoms with E-state index in [1.807, 2.05) is 0 Å². The molecule has 0 bridgehead atoms. The number of fused-ring (bicyclic) bond motifs is 1. The minimum Gasteiger partial charge on any atom is -0.443 e. The number of aromatic nitrogens is 1. The Morgan fingerprint density at radius 1 is 1.08 bits per heavy atom. The van der Waals surface area contributed by atoms with E-state index in [0.29, 0.717) is 18.4 Å². The lowest BCUT2D eigenvalue weighted by Gasteiger charge is -2.24. The number of amides is 4. The van der Waals surface area contributed by atoms with Gasteiger partial charge in [0.1, 0.15) is 17.2 Å². The topological polar surface area (TPSA) is 106 Å². The quantitative estimate of drug-likeness (QED) is 0.334. The van der Waals surface area contributed by atoms with Crippen molar-refractivity contribution in [2.45, 2.75) is 65.0 Å². The van der Waals surface area contributed by atoms with Crippen molar-refractivity contribution in [3.8, 4) is 0 Å². The van der Waals surface area contributed by atoms with Crippen LogP contribution in [0.4, 0.5) is 19.3 Å². The summed E-state index contributed by atoms with van der Waals surface area (Å²) in [6, 6.07) is 3.05. The van der Waals surface area contributed by atoms with Crippen molar-refractivity contribution < 1.29 is 32.7 Å². The molecule has 0 radical (unpaired) electrons. The molecule has 2 aliphatic heterocycles. The largest absolute Gasteiger partial charge is 0.443 e. The van der Waals surface area contributed by atoms with Gasteiger partial charge in [0.05, 0.1) is 38.3 Å². The lowest BCUT2D eigenvalue weighted by Crippen LogP contribution is -2.43. The molecule has 1 aromatic heterocycles. The van der Waals surface area contributed by atoms with Crippen LogP contribution in [0.3, 0.4) is 0 Å². The maximum absolute atomic E-state index is 14.1. The average Bonchev–Trinajstić information content (AvgIpc) is 3.19. The summed E-state index contributed by atoms with van der Waals surface area (Å²) in [4.78, 5) is 60.4. The highest BCUT2D eigenvalue weighted by Crippen LogP contribution is 2.44. The van der Waals surface area contributed by atoms with Gasteiger partial charge in [-0.15, -0.1) is 0 Å². The Hall–Kier alpha value is -2.93. The molecule has 0 atom stereocenters. The molecular formula is C25H25Br2F2N3O6. The molecule has 1 saturated heterocycles. The van der Waals surface area contributed by atoms with Crippen LogP contribution in [-0.4, -0.2) is 37.9 Å². The fourth-order valence-corrected chi connectivity index (χ4v) is 5.15. The van der Waals surface area contributed by atoms with Crippen molar-refractivity contribution in [3.63, 3.8) is 0 Å². The van der Waals surface area contributed by atoms with E-state index in [4.69, 9.17) is 4.74 Å². The van der Waals surface area contributed by atoms with Crippen molar-refractivity contribution in [1.82, 2.24) is 8.49 Å². The molecule has 3 heterocycles. The molecular weight excluding hydrogens is 636 g/mol. The third kappa shape index (κ3) is 5.88. The minimum atomic E-state index is -1.16. The average molecular weight is 661 g/mol. The first-order valence-electron chi connectivity index (χ1n) is 11.4. The summed E-state index contributed by atoms with van der Waals surface area (Å²) in [7, 11) is 0. The molecule has 0 unspecified atom stereocenters. The predicted molar refractivity (Wildman–Crippen MR) is 141 cm³/mol. The number of pyridine rings is 1. The third-order valence-electron chi connectivity index (χ3n) is 5.73. The number of halogens is 4. The second-order valence-corrected chi connectivity index (χ2v) is 11.7. The number of rotatable bonds is 2. The van der Waals surface area contributed by atoms with E-state index in [2.05, 4.69) is 32.1 Å². The highest BCUT2D eigenvalue weighted by Gasteiger charge is 2.50. The molecule has 2 aliphatic rings. The van der Waals surface area contributed by atoms with Gasteiger partial charge in [0.15, 0.2) is 0 Å². The van der Waals surface area contributed by atoms with E-state index >= 15 is 0 Å². The van der Waals surface area contributed by atoms with Crippen LogP contribution in [0, 0.1) is 11.6 Å². The van der Waals surface area contributed by atoms with Gasteiger partial charge in [0, 0.05) is 36.2 Å². The molecule has 0 saturated carbocycles. The van der Waals surface area contributed by atoms with E-state index in [0.717, 1.165) is 25.5 Å². The van der Waals surface area contributed by atoms with Gasteiger partial charge >= 0.3 is 6.09 Å². The van der Waals surface area contributed by atoms with Crippen LogP contribution in [-0.2, 0) is 31.1 Å². The van der Waals surface area contributed by atoms with Crippen LogP contribution >= 0.6 is 32.1 Å². The Morgan fingerprint density at radius 2 is 1.66 bits per heavy atom. The minimum absolute atomic E-state index is 0.0813. The summed E-state index contributed by atoms with van der Waals surface area (Å²) in [5, 5.41) is 0. The van der Waals surface area contributed by atoms with E-state index in [1.54, 1.807) is 34.6 Å². The van der Waals surface area contributed by atoms with Crippen molar-refractivity contribution in [2.75, 3.05) is 4.90 Å². The number of hydrogen-bond acceptors (Lipinski definition) is 6. The molecule has 1 aromatic carbocycles. The maximum Gasteiger partial charge on any atom is 0.421 e. The smallest absolute Gasteiger partial charge is 0.421 e. The second-order valence-electron chi connectivity index (χ2n) is 10.2. The Kier molecular flexibility index (Phi) is 8.32. The van der Waals surface area contributed by atoms with Gasteiger partial charge in [-0.3, -0.25) is 19.2 Å². The second kappa shape index (κ2) is 10.7. The van der Waals surface area contributed by atoms with Gasteiger partial charge in [0.2, 0.25) is 17.7 Å². The standard InChI is InChI=1S/C21H21BrF2N2O4.C4H4BrNO2/c1-20(2,3)30-19(29)26-14-10-25(9-11-6-7-12(23)8-13(11)24)17(27)16(22)15(14)21(4,5)18(26)28;5-6-3(7)1-2-4(6)8/h6-8,10H,9H2,1-5H3;1-2H2. The van der Waals surface area contributed by atoms with Gasteiger partial charge in [-0.2, -0.15) is 0 Å². The van der Waals surface area contributed by atoms with Crippen LogP contribution < -0.4 is 10.5 Å². The van der Waals surface area contributed by atoms with Crippen molar-refractivity contribution in [3.05, 3.63) is 62.0 Å². The molecule has 4 rings (SSSR count). The Bertz CT molecular complexity index is 1380. The molecule has 204 valence electrons. The zero-order chi connectivity index (χ0) is 28.7. The third-order valence-corrected chi connectivity index (χ3v) is 7.26. The van der Waals surface area contributed by atoms with Gasteiger partial charge in [-0.25, -0.2) is 22.4 Å². The van der Waals surface area contributed by atoms with Crippen LogP contribution in [0.15, 0.2) is 33.7 Å². The Labute approximate surface area is 234 Å². The zero-order valence-corrected chi connectivity index (χ0v) is 24.4. The Balaban J connectivity index is 0.000000427. The number of carbonyl (C=O) groups is 4. The zero-order valence-electron chi connectivity index (χ0n) is 21.2. The van der Waals surface area contributed by atoms with Gasteiger partial charge < -0.3 is 9.30 Å². The number of benzene rings is 1. The molecule has 0 aliphatic carbocycles. The fraction of sp³-hybridized carbons (Fsp3) is 0.400. The van der Waals surface area contributed by atoms with Gasteiger partial charge in [-0.05, 0) is 56.6 Å². The first-order valence-corrected chi connectivity index (χ1v) is 12.9. The van der Waals surface area contributed by atoms with Crippen LogP contribution in [0.25, 0.3) is 0 Å². The maximum atomic E-state index is 14.1. The lowest BCUT2D eigenvalue weighted by molar-refractivity contribution is -0.131. The number of ether oxygens (including phenoxy) is 1. The highest BCUT2D eigenvalue weighted by atomic mass is 79.9. The molecule has 9 nitrogen and oxygen atoms in total. The first-order chi connectivity index (χ1) is 17.5. The van der Waals surface area contributed by atoms with Gasteiger partial charge in [0.25, 0.3) is 5.56 Å². The highest BCUT2D eigenvalue weighted by molar-refractivity contribution is 9.10. The summed E-state index contributed by atoms with van der Waals surface area (Å²) in [5.41, 5.74) is -1.91.